The van der Waals surface area contributed by atoms with Crippen LogP contribution in [0.15, 0.2) is 194 Å². The van der Waals surface area contributed by atoms with E-state index in [9.17, 15) is 38.4 Å². The molecule has 10 rings (SSSR count). The average Bonchev–Trinajstić information content (AvgIpc) is 3.87. The first-order valence-corrected chi connectivity index (χ1v) is 22.9. The van der Waals surface area contributed by atoms with Gasteiger partial charge < -0.3 is 23.7 Å². The molecular formula is C60H38O13. The molecule has 0 radical (unpaired) electrons. The summed E-state index contributed by atoms with van der Waals surface area (Å²) in [4.78, 5) is 115. The average molecular weight is 967 g/mol. The maximum Gasteiger partial charge on any atom is 0.343 e. The second-order valence-electron chi connectivity index (χ2n) is 17.1. The minimum atomic E-state index is -1.96. The molecular weight excluding hydrogens is 929 g/mol. The molecule has 13 heteroatoms. The molecule has 1 spiro atoms. The summed E-state index contributed by atoms with van der Waals surface area (Å²) in [6.07, 6.45) is -1.58. The molecule has 0 aliphatic heterocycles. The summed E-state index contributed by atoms with van der Waals surface area (Å²) >= 11 is 0. The van der Waals surface area contributed by atoms with Gasteiger partial charge >= 0.3 is 29.8 Å². The first-order valence-electron chi connectivity index (χ1n) is 22.9. The molecule has 0 heterocycles. The molecule has 0 bridgehead atoms. The summed E-state index contributed by atoms with van der Waals surface area (Å²) in [5, 5.41) is 0. The van der Waals surface area contributed by atoms with E-state index in [0.717, 1.165) is 0 Å². The fraction of sp³-hybridized carbons (Fsp3) is 0.0667. The normalized spacial score (nSPS) is 14.1. The number of esters is 5. The van der Waals surface area contributed by atoms with Gasteiger partial charge in [-0.1, -0.05) is 121 Å². The van der Waals surface area contributed by atoms with Crippen LogP contribution in [0.2, 0.25) is 0 Å². The Morgan fingerprint density at radius 2 is 0.658 bits per heavy atom. The molecule has 2 aliphatic carbocycles. The van der Waals surface area contributed by atoms with Crippen LogP contribution in [0.5, 0.6) is 28.7 Å². The van der Waals surface area contributed by atoms with E-state index in [-0.39, 0.29) is 61.2 Å². The van der Waals surface area contributed by atoms with Crippen molar-refractivity contribution in [2.45, 2.75) is 24.7 Å². The summed E-state index contributed by atoms with van der Waals surface area (Å²) < 4.78 is 30.9. The summed E-state index contributed by atoms with van der Waals surface area (Å²) in [5.41, 5.74) is -2.06. The van der Waals surface area contributed by atoms with Crippen LogP contribution in [0.4, 0.5) is 0 Å². The maximum absolute atomic E-state index is 15.0. The lowest BCUT2D eigenvalue weighted by molar-refractivity contribution is 0.0655. The van der Waals surface area contributed by atoms with Gasteiger partial charge in [0, 0.05) is 58.1 Å². The van der Waals surface area contributed by atoms with E-state index in [0.29, 0.717) is 0 Å². The number of rotatable bonds is 13. The van der Waals surface area contributed by atoms with Gasteiger partial charge in [-0.3, -0.25) is 14.4 Å². The summed E-state index contributed by atoms with van der Waals surface area (Å²) in [6, 6.07) is 49.8. The largest absolute Gasteiger partial charge is 0.419 e. The Labute approximate surface area is 416 Å². The van der Waals surface area contributed by atoms with Crippen molar-refractivity contribution < 1.29 is 62.0 Å². The van der Waals surface area contributed by atoms with E-state index < -0.39 is 101 Å². The summed E-state index contributed by atoms with van der Waals surface area (Å²) in [6.45, 7) is 0. The number of hydrogen-bond acceptors (Lipinski definition) is 13. The fourth-order valence-corrected chi connectivity index (χ4v) is 9.13. The van der Waals surface area contributed by atoms with Gasteiger partial charge in [0.15, 0.2) is 40.3 Å². The molecule has 8 aromatic carbocycles. The standard InChI is InChI=1S/C60H38O13/c61-45(36-19-7-1-8-20-36)32-42-31-43-46(62)34-60(49(43)53(72-58(67)40-27-15-5-16-28-40)51(42)70-56(65)38-23-11-3-12-24-38)35-47(63)44-33-48(69-55(64)37-21-9-2-10-22-37)52(71-57(66)39-25-13-4-14-26-39)54(50(44)60)73-59(68)41-29-17-6-18-30-41/h1-31,33H,32,34-35H2. The predicted octanol–water partition coefficient (Wildman–Crippen LogP) is 10.7. The Kier molecular flexibility index (Phi) is 12.7. The van der Waals surface area contributed by atoms with Crippen LogP contribution in [0.1, 0.15) is 112 Å². The zero-order chi connectivity index (χ0) is 50.6. The molecule has 356 valence electrons. The van der Waals surface area contributed by atoms with E-state index >= 15 is 0 Å². The van der Waals surface area contributed by atoms with Gasteiger partial charge in [0.25, 0.3) is 0 Å². The second kappa shape index (κ2) is 19.9. The number of carbonyl (C=O) groups is 8. The zero-order valence-electron chi connectivity index (χ0n) is 38.4. The molecule has 8 aromatic rings. The highest BCUT2D eigenvalue weighted by Gasteiger charge is 2.57. The van der Waals surface area contributed by atoms with E-state index in [1.165, 1.54) is 72.8 Å². The Morgan fingerprint density at radius 1 is 0.356 bits per heavy atom. The lowest BCUT2D eigenvalue weighted by atomic mass is 9.75. The number of carbonyl (C=O) groups excluding carboxylic acids is 8. The molecule has 0 saturated heterocycles. The van der Waals surface area contributed by atoms with Gasteiger partial charge in [-0.2, -0.15) is 0 Å². The van der Waals surface area contributed by atoms with Crippen molar-refractivity contribution >= 4 is 47.2 Å². The third-order valence-corrected chi connectivity index (χ3v) is 12.5. The molecule has 1 atom stereocenters. The fourth-order valence-electron chi connectivity index (χ4n) is 9.13. The number of Topliss-reactive ketones (excluding diaryl/α,β-unsaturated/α-hetero) is 3. The van der Waals surface area contributed by atoms with Gasteiger partial charge in [-0.25, -0.2) is 24.0 Å². The van der Waals surface area contributed by atoms with E-state index in [1.807, 2.05) is 0 Å². The Morgan fingerprint density at radius 3 is 1.04 bits per heavy atom. The van der Waals surface area contributed by atoms with Crippen molar-refractivity contribution in [2.24, 2.45) is 0 Å². The van der Waals surface area contributed by atoms with Gasteiger partial charge in [0.1, 0.15) is 0 Å². The van der Waals surface area contributed by atoms with E-state index in [1.54, 1.807) is 121 Å². The van der Waals surface area contributed by atoms with Crippen LogP contribution < -0.4 is 23.7 Å². The maximum atomic E-state index is 15.0. The number of ether oxygens (including phenoxy) is 5. The zero-order valence-corrected chi connectivity index (χ0v) is 38.4. The smallest absolute Gasteiger partial charge is 0.343 e. The number of benzene rings is 8. The van der Waals surface area contributed by atoms with Crippen LogP contribution in [0.25, 0.3) is 0 Å². The lowest BCUT2D eigenvalue weighted by Crippen LogP contribution is -2.27. The van der Waals surface area contributed by atoms with Gasteiger partial charge in [-0.05, 0) is 72.8 Å². The van der Waals surface area contributed by atoms with E-state index in [4.69, 9.17) is 23.7 Å². The Bertz CT molecular complexity index is 3290. The van der Waals surface area contributed by atoms with Gasteiger partial charge in [0.05, 0.1) is 27.8 Å². The van der Waals surface area contributed by atoms with Crippen molar-refractivity contribution in [1.82, 2.24) is 0 Å². The first kappa shape index (κ1) is 46.8. The highest BCUT2D eigenvalue weighted by molar-refractivity contribution is 6.13. The van der Waals surface area contributed by atoms with Crippen molar-refractivity contribution in [1.29, 1.82) is 0 Å². The third-order valence-electron chi connectivity index (χ3n) is 12.5. The van der Waals surface area contributed by atoms with Gasteiger partial charge in [0.2, 0.25) is 5.75 Å². The molecule has 0 aromatic heterocycles. The third kappa shape index (κ3) is 9.21. The van der Waals surface area contributed by atoms with Crippen LogP contribution in [-0.4, -0.2) is 47.2 Å². The summed E-state index contributed by atoms with van der Waals surface area (Å²) in [5.74, 6) is -9.12. The van der Waals surface area contributed by atoms with Crippen molar-refractivity contribution in [3.05, 3.63) is 255 Å². The Balaban J connectivity index is 1.26. The molecule has 13 nitrogen and oxygen atoms in total. The van der Waals surface area contributed by atoms with Crippen LogP contribution in [0.3, 0.4) is 0 Å². The Hall–Kier alpha value is -9.88. The van der Waals surface area contributed by atoms with Crippen LogP contribution in [0, 0.1) is 0 Å². The molecule has 0 saturated carbocycles. The molecule has 2 aliphatic rings. The van der Waals surface area contributed by atoms with Crippen molar-refractivity contribution in [3.8, 4) is 28.7 Å². The molecule has 73 heavy (non-hydrogen) atoms. The number of fused-ring (bicyclic) bond motifs is 4. The highest BCUT2D eigenvalue weighted by atomic mass is 16.6. The predicted molar refractivity (Wildman–Crippen MR) is 263 cm³/mol. The van der Waals surface area contributed by atoms with Crippen molar-refractivity contribution in [3.63, 3.8) is 0 Å². The molecule has 0 N–H and O–H groups in total. The molecule has 0 amide bonds. The van der Waals surface area contributed by atoms with Crippen molar-refractivity contribution in [2.75, 3.05) is 0 Å². The highest BCUT2D eigenvalue weighted by Crippen LogP contribution is 2.62. The minimum absolute atomic E-state index is 0.0147. The topological polar surface area (TPSA) is 183 Å². The molecule has 1 unspecified atom stereocenters. The quantitative estimate of drug-likeness (QED) is 0.0605. The number of hydrogen-bond donors (Lipinski definition) is 0. The van der Waals surface area contributed by atoms with Crippen LogP contribution in [-0.2, 0) is 11.8 Å². The molecule has 0 fully saturated rings. The monoisotopic (exact) mass is 966 g/mol. The van der Waals surface area contributed by atoms with Crippen LogP contribution >= 0.6 is 0 Å². The number of ketones is 3. The summed E-state index contributed by atoms with van der Waals surface area (Å²) in [7, 11) is 0. The van der Waals surface area contributed by atoms with Gasteiger partial charge in [-0.15, -0.1) is 0 Å². The second-order valence-corrected chi connectivity index (χ2v) is 17.1. The van der Waals surface area contributed by atoms with E-state index in [2.05, 4.69) is 0 Å². The lowest BCUT2D eigenvalue weighted by Gasteiger charge is -2.30. The first-order chi connectivity index (χ1) is 35.5. The minimum Gasteiger partial charge on any atom is -0.419 e. The SMILES string of the molecule is O=C(Cc1cc2c(c(OC(=O)c3ccccc3)c1OC(=O)c1ccccc1)C1(CC2=O)CC(=O)c2cc(OC(=O)c3ccccc3)c(OC(=O)c3ccccc3)c(OC(=O)c3ccccc3)c21)c1ccccc1.